The maximum absolute atomic E-state index is 13.9. The maximum atomic E-state index is 13.9. The number of amides is 1. The molecule has 2 fully saturated rings. The fourth-order valence-corrected chi connectivity index (χ4v) is 5.55. The Balaban J connectivity index is 2.00. The number of rotatable bonds is 5. The lowest BCUT2D eigenvalue weighted by molar-refractivity contribution is -0.127. The quantitative estimate of drug-likeness (QED) is 0.455. The second kappa shape index (κ2) is 10.6. The van der Waals surface area contributed by atoms with Crippen LogP contribution in [0.2, 0.25) is 0 Å². The van der Waals surface area contributed by atoms with Gasteiger partial charge in [-0.05, 0) is 84.1 Å². The minimum absolute atomic E-state index is 0.0221. The molecule has 0 aliphatic heterocycles. The minimum atomic E-state index is -1.04. The molecule has 1 heterocycles. The number of nitrogens with zero attached hydrogens (tertiary/aromatic N) is 2. The highest BCUT2D eigenvalue weighted by Gasteiger charge is 2.37. The summed E-state index contributed by atoms with van der Waals surface area (Å²) < 4.78 is 0. The van der Waals surface area contributed by atoms with Crippen molar-refractivity contribution in [1.82, 2.24) is 5.01 Å². The van der Waals surface area contributed by atoms with Crippen molar-refractivity contribution in [2.75, 3.05) is 12.1 Å². The Morgan fingerprint density at radius 2 is 1.67 bits per heavy atom. The standard InChI is InChI=1S/C26H38N2O4S/c1-17-6-8-18(9-7-17)24(30)28(27(5)19-10-12-20(29)13-11-19)22-16-21(14-15-26(2,3)4)33-23(22)25(31)32/h16-20,29H,6-13H2,1-5H3,(H,31,32). The van der Waals surface area contributed by atoms with Crippen LogP contribution in [0.5, 0.6) is 0 Å². The molecule has 1 aromatic rings. The Morgan fingerprint density at radius 3 is 2.21 bits per heavy atom. The van der Waals surface area contributed by atoms with Gasteiger partial charge in [0.15, 0.2) is 0 Å². The largest absolute Gasteiger partial charge is 0.477 e. The van der Waals surface area contributed by atoms with Gasteiger partial charge in [0.25, 0.3) is 0 Å². The maximum Gasteiger partial charge on any atom is 0.348 e. The zero-order chi connectivity index (χ0) is 24.3. The van der Waals surface area contributed by atoms with Gasteiger partial charge < -0.3 is 10.2 Å². The number of carboxylic acids is 1. The third-order valence-electron chi connectivity index (χ3n) is 6.78. The second-order valence-electron chi connectivity index (χ2n) is 10.8. The molecule has 2 N–H and O–H groups in total. The summed E-state index contributed by atoms with van der Waals surface area (Å²) in [4.78, 5) is 26.9. The fraction of sp³-hybridized carbons (Fsp3) is 0.692. The number of hydrazine groups is 1. The van der Waals surface area contributed by atoms with Gasteiger partial charge >= 0.3 is 5.97 Å². The average Bonchev–Trinajstić information content (AvgIpc) is 3.17. The van der Waals surface area contributed by atoms with Gasteiger partial charge in [-0.25, -0.2) is 14.8 Å². The predicted molar refractivity (Wildman–Crippen MR) is 132 cm³/mol. The van der Waals surface area contributed by atoms with Crippen LogP contribution in [-0.4, -0.2) is 46.3 Å². The van der Waals surface area contributed by atoms with E-state index in [0.717, 1.165) is 49.9 Å². The molecule has 0 aromatic carbocycles. The Bertz CT molecular complexity index is 907. The van der Waals surface area contributed by atoms with Crippen LogP contribution in [0.25, 0.3) is 0 Å². The molecule has 0 saturated heterocycles. The minimum Gasteiger partial charge on any atom is -0.477 e. The van der Waals surface area contributed by atoms with E-state index < -0.39 is 5.97 Å². The third-order valence-corrected chi connectivity index (χ3v) is 7.81. The molecule has 7 heteroatoms. The summed E-state index contributed by atoms with van der Waals surface area (Å²) in [6, 6.07) is 1.84. The lowest BCUT2D eigenvalue weighted by Gasteiger charge is -2.42. The Hall–Kier alpha value is -1.88. The molecule has 33 heavy (non-hydrogen) atoms. The normalized spacial score (nSPS) is 25.9. The molecule has 2 aliphatic rings. The van der Waals surface area contributed by atoms with Crippen molar-refractivity contribution in [1.29, 1.82) is 0 Å². The summed E-state index contributed by atoms with van der Waals surface area (Å²) in [5.74, 6) is 5.74. The lowest BCUT2D eigenvalue weighted by Crippen LogP contribution is -2.53. The number of aliphatic hydroxyl groups is 1. The van der Waals surface area contributed by atoms with E-state index in [1.165, 1.54) is 0 Å². The zero-order valence-corrected chi connectivity index (χ0v) is 21.4. The number of aromatic carboxylic acids is 1. The van der Waals surface area contributed by atoms with Crippen molar-refractivity contribution in [3.63, 3.8) is 0 Å². The van der Waals surface area contributed by atoms with Crippen molar-refractivity contribution >= 4 is 28.9 Å². The first-order valence-electron chi connectivity index (χ1n) is 12.1. The van der Waals surface area contributed by atoms with E-state index in [0.29, 0.717) is 29.3 Å². The molecule has 0 unspecified atom stereocenters. The van der Waals surface area contributed by atoms with Gasteiger partial charge in [-0.15, -0.1) is 11.3 Å². The van der Waals surface area contributed by atoms with Gasteiger partial charge in [0, 0.05) is 24.4 Å². The number of aliphatic hydroxyl groups excluding tert-OH is 1. The number of carbonyl (C=O) groups excluding carboxylic acids is 1. The third kappa shape index (κ3) is 6.59. The van der Waals surface area contributed by atoms with Crippen LogP contribution in [0.3, 0.4) is 0 Å². The SMILES string of the molecule is CC1CCC(C(=O)N(c2cc(C#CC(C)(C)C)sc2C(=O)O)N(C)C2CCC(O)CC2)CC1. The zero-order valence-electron chi connectivity index (χ0n) is 20.6. The van der Waals surface area contributed by atoms with E-state index in [2.05, 4.69) is 18.8 Å². The summed E-state index contributed by atoms with van der Waals surface area (Å²) >= 11 is 1.13. The van der Waals surface area contributed by atoms with E-state index in [-0.39, 0.29) is 34.3 Å². The van der Waals surface area contributed by atoms with Crippen molar-refractivity contribution in [3.05, 3.63) is 15.8 Å². The highest BCUT2D eigenvalue weighted by atomic mass is 32.1. The molecule has 2 aliphatic carbocycles. The van der Waals surface area contributed by atoms with Crippen LogP contribution in [0.1, 0.15) is 93.6 Å². The Morgan fingerprint density at radius 1 is 1.06 bits per heavy atom. The molecule has 1 amide bonds. The molecule has 0 bridgehead atoms. The highest BCUT2D eigenvalue weighted by molar-refractivity contribution is 7.15. The van der Waals surface area contributed by atoms with Crippen LogP contribution in [-0.2, 0) is 4.79 Å². The van der Waals surface area contributed by atoms with Gasteiger partial charge in [-0.1, -0.05) is 18.8 Å². The molecule has 0 spiro atoms. The van der Waals surface area contributed by atoms with E-state index in [4.69, 9.17) is 0 Å². The lowest BCUT2D eigenvalue weighted by atomic mass is 9.82. The summed E-state index contributed by atoms with van der Waals surface area (Å²) in [7, 11) is 1.88. The van der Waals surface area contributed by atoms with Crippen LogP contribution in [0.15, 0.2) is 6.07 Å². The number of anilines is 1. The number of carbonyl (C=O) groups is 2. The molecule has 6 nitrogen and oxygen atoms in total. The van der Waals surface area contributed by atoms with E-state index in [1.54, 1.807) is 11.1 Å². The summed E-state index contributed by atoms with van der Waals surface area (Å²) in [5, 5.41) is 23.5. The van der Waals surface area contributed by atoms with Gasteiger partial charge in [-0.2, -0.15) is 0 Å². The first-order valence-corrected chi connectivity index (χ1v) is 12.9. The van der Waals surface area contributed by atoms with Crippen molar-refractivity contribution < 1.29 is 19.8 Å². The van der Waals surface area contributed by atoms with Gasteiger partial charge in [0.05, 0.1) is 16.7 Å². The average molecular weight is 475 g/mol. The van der Waals surface area contributed by atoms with Gasteiger partial charge in [-0.3, -0.25) is 4.79 Å². The molecule has 182 valence electrons. The topological polar surface area (TPSA) is 81.1 Å². The highest BCUT2D eigenvalue weighted by Crippen LogP contribution is 2.37. The molecule has 3 rings (SSSR count). The smallest absolute Gasteiger partial charge is 0.348 e. The monoisotopic (exact) mass is 474 g/mol. The molecule has 0 atom stereocenters. The molecule has 0 radical (unpaired) electrons. The van der Waals surface area contributed by atoms with E-state index in [9.17, 15) is 19.8 Å². The Kier molecular flexibility index (Phi) is 8.26. The van der Waals surface area contributed by atoms with Crippen LogP contribution < -0.4 is 5.01 Å². The summed E-state index contributed by atoms with van der Waals surface area (Å²) in [5.41, 5.74) is 0.213. The molecule has 2 saturated carbocycles. The van der Waals surface area contributed by atoms with Gasteiger partial charge in [0.1, 0.15) is 4.88 Å². The summed E-state index contributed by atoms with van der Waals surface area (Å²) in [6.45, 7) is 8.26. The number of thiophene rings is 1. The van der Waals surface area contributed by atoms with Crippen molar-refractivity contribution in [2.45, 2.75) is 91.2 Å². The first kappa shape index (κ1) is 25.7. The second-order valence-corrected chi connectivity index (χ2v) is 11.8. The van der Waals surface area contributed by atoms with Crippen molar-refractivity contribution in [2.24, 2.45) is 17.3 Å². The van der Waals surface area contributed by atoms with Crippen LogP contribution in [0.4, 0.5) is 5.69 Å². The summed E-state index contributed by atoms with van der Waals surface area (Å²) in [6.07, 6.45) is 6.31. The van der Waals surface area contributed by atoms with E-state index in [1.807, 2.05) is 32.8 Å². The van der Waals surface area contributed by atoms with Crippen LogP contribution >= 0.6 is 11.3 Å². The fourth-order valence-electron chi connectivity index (χ4n) is 4.72. The predicted octanol–water partition coefficient (Wildman–Crippen LogP) is 5.15. The van der Waals surface area contributed by atoms with Crippen LogP contribution in [0, 0.1) is 29.1 Å². The van der Waals surface area contributed by atoms with E-state index >= 15 is 0 Å². The molecule has 1 aromatic heterocycles. The molecular weight excluding hydrogens is 436 g/mol. The van der Waals surface area contributed by atoms with Crippen molar-refractivity contribution in [3.8, 4) is 11.8 Å². The number of hydrogen-bond acceptors (Lipinski definition) is 5. The molecular formula is C26H38N2O4S. The van der Waals surface area contributed by atoms with Gasteiger partial charge in [0.2, 0.25) is 5.91 Å². The first-order chi connectivity index (χ1) is 15.5. The Labute approximate surface area is 201 Å². The number of hydrogen-bond donors (Lipinski definition) is 2. The number of carboxylic acid groups (broad SMARTS) is 1.